The van der Waals surface area contributed by atoms with Crippen molar-refractivity contribution in [2.24, 2.45) is 5.10 Å². The Morgan fingerprint density at radius 1 is 1.03 bits per heavy atom. The highest BCUT2D eigenvalue weighted by Gasteiger charge is 2.08. The van der Waals surface area contributed by atoms with Gasteiger partial charge in [0, 0.05) is 17.7 Å². The van der Waals surface area contributed by atoms with Crippen LogP contribution < -0.4 is 14.9 Å². The van der Waals surface area contributed by atoms with Crippen LogP contribution in [0.25, 0.3) is 0 Å². The van der Waals surface area contributed by atoms with Gasteiger partial charge in [0.15, 0.2) is 11.5 Å². The third-order valence-electron chi connectivity index (χ3n) is 4.22. The third-order valence-corrected chi connectivity index (χ3v) is 4.22. The summed E-state index contributed by atoms with van der Waals surface area (Å²) in [6, 6.07) is 20.3. The Kier molecular flexibility index (Phi) is 7.31. The molecule has 3 aromatic rings. The maximum atomic E-state index is 12.0. The van der Waals surface area contributed by atoms with E-state index in [1.54, 1.807) is 54.6 Å². The summed E-state index contributed by atoms with van der Waals surface area (Å²) in [6.45, 7) is 2.54. The number of amides is 1. The van der Waals surface area contributed by atoms with Crippen LogP contribution in [0.2, 0.25) is 0 Å². The maximum absolute atomic E-state index is 12.0. The molecule has 0 fully saturated rings. The van der Waals surface area contributed by atoms with Gasteiger partial charge in [0.2, 0.25) is 0 Å². The van der Waals surface area contributed by atoms with E-state index in [2.05, 4.69) is 10.5 Å². The van der Waals surface area contributed by atoms with Crippen molar-refractivity contribution < 1.29 is 19.2 Å². The molecule has 0 aliphatic rings. The molecule has 31 heavy (non-hydrogen) atoms. The van der Waals surface area contributed by atoms with E-state index in [0.717, 1.165) is 11.1 Å². The zero-order chi connectivity index (χ0) is 22.1. The monoisotopic (exact) mass is 419 g/mol. The fraction of sp³-hybridized carbons (Fsp3) is 0.130. The predicted octanol–water partition coefficient (Wildman–Crippen LogP) is 4.34. The smallest absolute Gasteiger partial charge is 0.271 e. The van der Waals surface area contributed by atoms with Crippen LogP contribution in [0.3, 0.4) is 0 Å². The number of ether oxygens (including phenoxy) is 2. The molecular weight excluding hydrogens is 398 g/mol. The third kappa shape index (κ3) is 6.14. The standard InChI is InChI=1S/C23H21N3O5/c1-2-30-22-14-18(15-24-25-23(27)19-6-4-3-5-7-19)10-13-21(22)31-16-17-8-11-20(12-9-17)26(28)29/h3-15H,2,16H2,1H3,(H,25,27)/b24-15-. The molecule has 1 N–H and O–H groups in total. The van der Waals surface area contributed by atoms with Gasteiger partial charge in [-0.05, 0) is 60.5 Å². The summed E-state index contributed by atoms with van der Waals surface area (Å²) in [5, 5.41) is 14.7. The second-order valence-corrected chi connectivity index (χ2v) is 6.42. The number of nitro benzene ring substituents is 1. The first-order valence-corrected chi connectivity index (χ1v) is 9.58. The minimum atomic E-state index is -0.444. The highest BCUT2D eigenvalue weighted by atomic mass is 16.6. The van der Waals surface area contributed by atoms with Crippen LogP contribution in [0, 0.1) is 10.1 Å². The Labute approximate surface area is 179 Å². The first kappa shape index (κ1) is 21.5. The quantitative estimate of drug-likeness (QED) is 0.316. The molecule has 0 heterocycles. The van der Waals surface area contributed by atoms with E-state index in [9.17, 15) is 14.9 Å². The number of nitrogens with zero attached hydrogens (tertiary/aromatic N) is 2. The lowest BCUT2D eigenvalue weighted by molar-refractivity contribution is -0.384. The first-order valence-electron chi connectivity index (χ1n) is 9.58. The normalized spacial score (nSPS) is 10.6. The van der Waals surface area contributed by atoms with E-state index < -0.39 is 4.92 Å². The molecule has 0 aliphatic heterocycles. The summed E-state index contributed by atoms with van der Waals surface area (Å²) in [5.74, 6) is 0.762. The minimum absolute atomic E-state index is 0.0294. The molecule has 8 nitrogen and oxygen atoms in total. The molecule has 3 rings (SSSR count). The molecular formula is C23H21N3O5. The molecule has 0 saturated carbocycles. The number of nitro groups is 1. The lowest BCUT2D eigenvalue weighted by Crippen LogP contribution is -2.17. The second-order valence-electron chi connectivity index (χ2n) is 6.42. The van der Waals surface area contributed by atoms with E-state index in [1.807, 2.05) is 13.0 Å². The summed E-state index contributed by atoms with van der Waals surface area (Å²) in [4.78, 5) is 22.3. The number of non-ortho nitro benzene ring substituents is 1. The summed E-state index contributed by atoms with van der Waals surface area (Å²) in [5.41, 5.74) is 4.55. The van der Waals surface area contributed by atoms with Crippen molar-refractivity contribution in [1.82, 2.24) is 5.43 Å². The number of hydrogen-bond acceptors (Lipinski definition) is 6. The highest BCUT2D eigenvalue weighted by Crippen LogP contribution is 2.29. The van der Waals surface area contributed by atoms with Gasteiger partial charge in [-0.25, -0.2) is 5.43 Å². The first-order chi connectivity index (χ1) is 15.1. The molecule has 3 aromatic carbocycles. The van der Waals surface area contributed by atoms with Crippen LogP contribution in [0.5, 0.6) is 11.5 Å². The van der Waals surface area contributed by atoms with Gasteiger partial charge in [0.05, 0.1) is 17.7 Å². The van der Waals surface area contributed by atoms with Gasteiger partial charge in [-0.15, -0.1) is 0 Å². The number of carbonyl (C=O) groups is 1. The molecule has 0 saturated heterocycles. The van der Waals surface area contributed by atoms with Crippen molar-refractivity contribution in [2.45, 2.75) is 13.5 Å². The molecule has 8 heteroatoms. The van der Waals surface area contributed by atoms with Crippen molar-refractivity contribution >= 4 is 17.8 Å². The number of benzene rings is 3. The number of hydrogen-bond donors (Lipinski definition) is 1. The van der Waals surface area contributed by atoms with Crippen LogP contribution >= 0.6 is 0 Å². The lowest BCUT2D eigenvalue weighted by atomic mass is 10.2. The lowest BCUT2D eigenvalue weighted by Gasteiger charge is -2.12. The summed E-state index contributed by atoms with van der Waals surface area (Å²) in [6.07, 6.45) is 1.52. The van der Waals surface area contributed by atoms with Crippen LogP contribution in [0.15, 0.2) is 77.9 Å². The minimum Gasteiger partial charge on any atom is -0.490 e. The molecule has 0 aromatic heterocycles. The van der Waals surface area contributed by atoms with Gasteiger partial charge >= 0.3 is 0 Å². The molecule has 0 bridgehead atoms. The summed E-state index contributed by atoms with van der Waals surface area (Å²) in [7, 11) is 0. The molecule has 0 aliphatic carbocycles. The molecule has 0 spiro atoms. The zero-order valence-corrected chi connectivity index (χ0v) is 16.9. The Morgan fingerprint density at radius 3 is 2.45 bits per heavy atom. The van der Waals surface area contributed by atoms with E-state index in [4.69, 9.17) is 9.47 Å². The van der Waals surface area contributed by atoms with Crippen LogP contribution in [-0.2, 0) is 6.61 Å². The van der Waals surface area contributed by atoms with Gasteiger partial charge in [-0.1, -0.05) is 18.2 Å². The van der Waals surface area contributed by atoms with Crippen molar-refractivity contribution in [3.05, 3.63) is 99.6 Å². The molecule has 0 radical (unpaired) electrons. The summed E-state index contributed by atoms with van der Waals surface area (Å²) >= 11 is 0. The van der Waals surface area contributed by atoms with Gasteiger partial charge in [0.25, 0.3) is 11.6 Å². The fourth-order valence-corrected chi connectivity index (χ4v) is 2.69. The van der Waals surface area contributed by atoms with Crippen molar-refractivity contribution in [1.29, 1.82) is 0 Å². The second kappa shape index (κ2) is 10.5. The van der Waals surface area contributed by atoms with E-state index in [1.165, 1.54) is 18.3 Å². The van der Waals surface area contributed by atoms with E-state index >= 15 is 0 Å². The maximum Gasteiger partial charge on any atom is 0.271 e. The number of rotatable bonds is 9. The average molecular weight is 419 g/mol. The average Bonchev–Trinajstić information content (AvgIpc) is 2.79. The molecule has 0 unspecified atom stereocenters. The SMILES string of the molecule is CCOc1cc(/C=N\NC(=O)c2ccccc2)ccc1OCc1ccc([N+](=O)[O-])cc1. The fourth-order valence-electron chi connectivity index (χ4n) is 2.69. The van der Waals surface area contributed by atoms with E-state index in [-0.39, 0.29) is 18.2 Å². The van der Waals surface area contributed by atoms with Crippen molar-refractivity contribution in [3.8, 4) is 11.5 Å². The Morgan fingerprint density at radius 2 is 1.77 bits per heavy atom. The van der Waals surface area contributed by atoms with Crippen molar-refractivity contribution in [3.63, 3.8) is 0 Å². The molecule has 0 atom stereocenters. The number of carbonyl (C=O) groups excluding carboxylic acids is 1. The van der Waals surface area contributed by atoms with Crippen LogP contribution in [-0.4, -0.2) is 23.7 Å². The Hall–Kier alpha value is -4.20. The van der Waals surface area contributed by atoms with Gasteiger partial charge in [0.1, 0.15) is 6.61 Å². The van der Waals surface area contributed by atoms with Crippen LogP contribution in [0.1, 0.15) is 28.4 Å². The summed E-state index contributed by atoms with van der Waals surface area (Å²) < 4.78 is 11.5. The Bertz CT molecular complexity index is 1070. The zero-order valence-electron chi connectivity index (χ0n) is 16.9. The van der Waals surface area contributed by atoms with Crippen molar-refractivity contribution in [2.75, 3.05) is 6.61 Å². The number of hydrazone groups is 1. The van der Waals surface area contributed by atoms with Gasteiger partial charge in [-0.2, -0.15) is 5.10 Å². The largest absolute Gasteiger partial charge is 0.490 e. The Balaban J connectivity index is 1.64. The van der Waals surface area contributed by atoms with Gasteiger partial charge in [-0.3, -0.25) is 14.9 Å². The van der Waals surface area contributed by atoms with E-state index in [0.29, 0.717) is 23.7 Å². The highest BCUT2D eigenvalue weighted by molar-refractivity contribution is 5.94. The number of nitrogens with one attached hydrogen (secondary N) is 1. The topological polar surface area (TPSA) is 103 Å². The van der Waals surface area contributed by atoms with Crippen LogP contribution in [0.4, 0.5) is 5.69 Å². The predicted molar refractivity (Wildman–Crippen MR) is 117 cm³/mol. The molecule has 158 valence electrons. The molecule has 1 amide bonds. The van der Waals surface area contributed by atoms with Gasteiger partial charge < -0.3 is 9.47 Å².